The summed E-state index contributed by atoms with van der Waals surface area (Å²) in [7, 11) is -1.90. The van der Waals surface area contributed by atoms with Gasteiger partial charge in [-0.15, -0.1) is 0 Å². The molecule has 1 N–H and O–H groups in total. The van der Waals surface area contributed by atoms with Gasteiger partial charge in [-0.25, -0.2) is 8.42 Å². The van der Waals surface area contributed by atoms with Gasteiger partial charge in [0.05, 0.1) is 6.20 Å². The average Bonchev–Trinajstić information content (AvgIpc) is 2.76. The Labute approximate surface area is 111 Å². The Kier molecular flexibility index (Phi) is 3.91. The summed E-state index contributed by atoms with van der Waals surface area (Å²) in [6.07, 6.45) is 4.23. The van der Waals surface area contributed by atoms with Gasteiger partial charge in [-0.05, 0) is 18.8 Å². The van der Waals surface area contributed by atoms with Crippen molar-refractivity contribution in [2.45, 2.75) is 24.2 Å². The van der Waals surface area contributed by atoms with E-state index in [2.05, 4.69) is 5.10 Å². The first-order valence-corrected chi connectivity index (χ1v) is 7.54. The number of carboxylic acid groups (broad SMARTS) is 1. The average molecular weight is 287 g/mol. The van der Waals surface area contributed by atoms with Crippen LogP contribution in [0.15, 0.2) is 17.3 Å². The molecular formula is C11H17N3O4S. The summed E-state index contributed by atoms with van der Waals surface area (Å²) in [6.45, 7) is 0.705. The van der Waals surface area contributed by atoms with Crippen LogP contribution in [0.1, 0.15) is 19.3 Å². The molecule has 1 aromatic rings. The van der Waals surface area contributed by atoms with E-state index in [0.717, 1.165) is 6.42 Å². The SMILES string of the molecule is Cn1cc(S(=O)(=O)N2CCCC(CC(=O)O)C2)cn1. The van der Waals surface area contributed by atoms with Gasteiger partial charge in [-0.1, -0.05) is 0 Å². The summed E-state index contributed by atoms with van der Waals surface area (Å²) in [6, 6.07) is 0. The van der Waals surface area contributed by atoms with Crippen LogP contribution < -0.4 is 0 Å². The normalized spacial score (nSPS) is 21.4. The number of hydrogen-bond acceptors (Lipinski definition) is 4. The van der Waals surface area contributed by atoms with Crippen LogP contribution in [0.25, 0.3) is 0 Å². The van der Waals surface area contributed by atoms with Gasteiger partial charge >= 0.3 is 5.97 Å². The van der Waals surface area contributed by atoms with Crippen LogP contribution in [-0.4, -0.2) is 46.7 Å². The van der Waals surface area contributed by atoms with Crippen molar-refractivity contribution in [3.8, 4) is 0 Å². The molecule has 0 aromatic carbocycles. The van der Waals surface area contributed by atoms with E-state index in [1.165, 1.54) is 21.4 Å². The molecule has 8 heteroatoms. The van der Waals surface area contributed by atoms with Gasteiger partial charge in [-0.3, -0.25) is 9.48 Å². The van der Waals surface area contributed by atoms with Gasteiger partial charge in [-0.2, -0.15) is 9.40 Å². The van der Waals surface area contributed by atoms with E-state index in [-0.39, 0.29) is 23.8 Å². The Balaban J connectivity index is 2.14. The molecule has 1 aliphatic heterocycles. The predicted octanol–water partition coefficient (Wildman–Crippen LogP) is 0.295. The third kappa shape index (κ3) is 3.13. The molecule has 1 aliphatic rings. The molecule has 0 spiro atoms. The minimum absolute atomic E-state index is 0.0130. The largest absolute Gasteiger partial charge is 0.481 e. The lowest BCUT2D eigenvalue weighted by atomic mass is 9.96. The third-order valence-electron chi connectivity index (χ3n) is 3.26. The van der Waals surface area contributed by atoms with E-state index in [4.69, 9.17) is 5.11 Å². The van der Waals surface area contributed by atoms with Gasteiger partial charge in [0, 0.05) is 32.8 Å². The number of carbonyl (C=O) groups is 1. The molecular weight excluding hydrogens is 270 g/mol. The zero-order valence-corrected chi connectivity index (χ0v) is 11.5. The van der Waals surface area contributed by atoms with Crippen LogP contribution in [0.2, 0.25) is 0 Å². The van der Waals surface area contributed by atoms with Crippen molar-refractivity contribution in [1.29, 1.82) is 0 Å². The van der Waals surface area contributed by atoms with Gasteiger partial charge in [0.25, 0.3) is 0 Å². The third-order valence-corrected chi connectivity index (χ3v) is 5.08. The van der Waals surface area contributed by atoms with E-state index >= 15 is 0 Å². The summed E-state index contributed by atoms with van der Waals surface area (Å²) < 4.78 is 27.5. The van der Waals surface area contributed by atoms with Crippen molar-refractivity contribution in [1.82, 2.24) is 14.1 Å². The topological polar surface area (TPSA) is 92.5 Å². The molecule has 0 saturated carbocycles. The molecule has 0 amide bonds. The van der Waals surface area contributed by atoms with E-state index < -0.39 is 16.0 Å². The van der Waals surface area contributed by atoms with Crippen LogP contribution in [0.5, 0.6) is 0 Å². The van der Waals surface area contributed by atoms with Crippen molar-refractivity contribution in [2.75, 3.05) is 13.1 Å². The van der Waals surface area contributed by atoms with Crippen molar-refractivity contribution in [2.24, 2.45) is 13.0 Å². The smallest absolute Gasteiger partial charge is 0.303 e. The Bertz CT molecular complexity index is 566. The molecule has 0 aliphatic carbocycles. The highest BCUT2D eigenvalue weighted by Crippen LogP contribution is 2.25. The fourth-order valence-corrected chi connectivity index (χ4v) is 3.88. The van der Waals surface area contributed by atoms with Crippen LogP contribution in [0.4, 0.5) is 0 Å². The molecule has 0 radical (unpaired) electrons. The Morgan fingerprint density at radius 3 is 2.89 bits per heavy atom. The fraction of sp³-hybridized carbons (Fsp3) is 0.636. The lowest BCUT2D eigenvalue weighted by Gasteiger charge is -2.30. The molecule has 2 heterocycles. The molecule has 1 saturated heterocycles. The summed E-state index contributed by atoms with van der Waals surface area (Å²) in [5, 5.41) is 12.7. The van der Waals surface area contributed by atoms with Crippen molar-refractivity contribution < 1.29 is 18.3 Å². The molecule has 19 heavy (non-hydrogen) atoms. The lowest BCUT2D eigenvalue weighted by Crippen LogP contribution is -2.40. The van der Waals surface area contributed by atoms with Crippen LogP contribution >= 0.6 is 0 Å². The quantitative estimate of drug-likeness (QED) is 0.859. The summed E-state index contributed by atoms with van der Waals surface area (Å²) in [5.41, 5.74) is 0. The highest BCUT2D eigenvalue weighted by atomic mass is 32.2. The number of aliphatic carboxylic acids is 1. The lowest BCUT2D eigenvalue weighted by molar-refractivity contribution is -0.138. The molecule has 1 fully saturated rings. The van der Waals surface area contributed by atoms with Gasteiger partial charge in [0.1, 0.15) is 4.90 Å². The summed E-state index contributed by atoms with van der Waals surface area (Å²) in [4.78, 5) is 10.9. The molecule has 106 valence electrons. The van der Waals surface area contributed by atoms with Crippen LogP contribution in [0.3, 0.4) is 0 Å². The first-order chi connectivity index (χ1) is 8.89. The predicted molar refractivity (Wildman–Crippen MR) is 66.9 cm³/mol. The number of nitrogens with zero attached hydrogens (tertiary/aromatic N) is 3. The number of carboxylic acids is 1. The number of rotatable bonds is 4. The summed E-state index contributed by atoms with van der Waals surface area (Å²) >= 11 is 0. The summed E-state index contributed by atoms with van der Waals surface area (Å²) in [5.74, 6) is -0.997. The van der Waals surface area contributed by atoms with Crippen LogP contribution in [0, 0.1) is 5.92 Å². The van der Waals surface area contributed by atoms with E-state index in [1.54, 1.807) is 7.05 Å². The second-order valence-electron chi connectivity index (χ2n) is 4.82. The molecule has 1 unspecified atom stereocenters. The molecule has 0 bridgehead atoms. The molecule has 2 rings (SSSR count). The van der Waals surface area contributed by atoms with Crippen molar-refractivity contribution >= 4 is 16.0 Å². The maximum atomic E-state index is 12.4. The monoisotopic (exact) mass is 287 g/mol. The molecule has 7 nitrogen and oxygen atoms in total. The number of hydrogen-bond donors (Lipinski definition) is 1. The van der Waals surface area contributed by atoms with Crippen molar-refractivity contribution in [3.05, 3.63) is 12.4 Å². The Morgan fingerprint density at radius 2 is 2.32 bits per heavy atom. The van der Waals surface area contributed by atoms with Gasteiger partial charge in [0.15, 0.2) is 0 Å². The molecule has 1 aromatic heterocycles. The number of sulfonamides is 1. The molecule has 1 atom stereocenters. The number of piperidine rings is 1. The number of aryl methyl sites for hydroxylation is 1. The first-order valence-electron chi connectivity index (χ1n) is 6.10. The zero-order chi connectivity index (χ0) is 14.0. The van der Waals surface area contributed by atoms with E-state index in [9.17, 15) is 13.2 Å². The first kappa shape index (κ1) is 14.0. The van der Waals surface area contributed by atoms with Gasteiger partial charge < -0.3 is 5.11 Å². The van der Waals surface area contributed by atoms with E-state index in [1.807, 2.05) is 0 Å². The number of aromatic nitrogens is 2. The van der Waals surface area contributed by atoms with Crippen molar-refractivity contribution in [3.63, 3.8) is 0 Å². The Morgan fingerprint density at radius 1 is 1.58 bits per heavy atom. The van der Waals surface area contributed by atoms with Crippen LogP contribution in [-0.2, 0) is 21.9 Å². The second kappa shape index (κ2) is 5.30. The fourth-order valence-electron chi connectivity index (χ4n) is 2.34. The highest BCUT2D eigenvalue weighted by Gasteiger charge is 2.31. The van der Waals surface area contributed by atoms with Gasteiger partial charge in [0.2, 0.25) is 10.0 Å². The standard InChI is InChI=1S/C11H17N3O4S/c1-13-8-10(6-12-13)19(17,18)14-4-2-3-9(7-14)5-11(15)16/h6,8-9H,2-5,7H2,1H3,(H,15,16). The Hall–Kier alpha value is -1.41. The maximum absolute atomic E-state index is 12.4. The zero-order valence-electron chi connectivity index (χ0n) is 10.7. The highest BCUT2D eigenvalue weighted by molar-refractivity contribution is 7.89. The maximum Gasteiger partial charge on any atom is 0.303 e. The minimum atomic E-state index is -3.55. The second-order valence-corrected chi connectivity index (χ2v) is 6.76. The minimum Gasteiger partial charge on any atom is -0.481 e. The van der Waals surface area contributed by atoms with E-state index in [0.29, 0.717) is 13.0 Å².